The lowest BCUT2D eigenvalue weighted by Gasteiger charge is -2.06. The zero-order chi connectivity index (χ0) is 20.9. The summed E-state index contributed by atoms with van der Waals surface area (Å²) in [7, 11) is 0. The Morgan fingerprint density at radius 1 is 0.800 bits per heavy atom. The highest BCUT2D eigenvalue weighted by Gasteiger charge is 2.15. The molecule has 0 amide bonds. The average molecular weight is 441 g/mol. The van der Waals surface area contributed by atoms with E-state index in [1.54, 1.807) is 12.1 Å². The summed E-state index contributed by atoms with van der Waals surface area (Å²) < 4.78 is 14.2. The summed E-state index contributed by atoms with van der Waals surface area (Å²) in [5.74, 6) is -0.376. The summed E-state index contributed by atoms with van der Waals surface area (Å²) >= 11 is 12.4. The molecule has 0 aliphatic carbocycles. The Hall–Kier alpha value is -2.73. The van der Waals surface area contributed by atoms with Crippen molar-refractivity contribution in [2.75, 3.05) is 0 Å². The van der Waals surface area contributed by atoms with Gasteiger partial charge in [-0.05, 0) is 23.8 Å². The van der Waals surface area contributed by atoms with Gasteiger partial charge in [-0.25, -0.2) is 4.39 Å². The Labute approximate surface area is 184 Å². The quantitative estimate of drug-likeness (QED) is 0.399. The van der Waals surface area contributed by atoms with Crippen molar-refractivity contribution in [3.63, 3.8) is 0 Å². The normalized spacial score (nSPS) is 11.0. The van der Waals surface area contributed by atoms with Crippen LogP contribution in [0.1, 0.15) is 16.8 Å². The molecule has 0 bridgehead atoms. The molecule has 4 rings (SSSR count). The van der Waals surface area contributed by atoms with Gasteiger partial charge in [-0.1, -0.05) is 77.8 Å². The van der Waals surface area contributed by atoms with Gasteiger partial charge >= 0.3 is 0 Å². The summed E-state index contributed by atoms with van der Waals surface area (Å²) in [4.78, 5) is 1.49. The largest absolute Gasteiger partial charge is 0.307 e. The van der Waals surface area contributed by atoms with Gasteiger partial charge in [0.25, 0.3) is 0 Å². The molecule has 4 aromatic rings. The van der Waals surface area contributed by atoms with Crippen molar-refractivity contribution >= 4 is 23.2 Å². The van der Waals surface area contributed by atoms with Gasteiger partial charge in [-0.2, -0.15) is 15.0 Å². The van der Waals surface area contributed by atoms with E-state index in [-0.39, 0.29) is 12.4 Å². The summed E-state index contributed by atoms with van der Waals surface area (Å²) in [6.45, 7) is 1.23. The third-order valence-electron chi connectivity index (χ3n) is 4.70. The molecule has 1 heterocycles. The first-order valence-electron chi connectivity index (χ1n) is 9.48. The maximum absolute atomic E-state index is 14.2. The summed E-state index contributed by atoms with van der Waals surface area (Å²) in [6.07, 6.45) is 0. The predicted molar refractivity (Wildman–Crippen MR) is 118 cm³/mol. The molecule has 0 saturated heterocycles. The van der Waals surface area contributed by atoms with Crippen molar-refractivity contribution in [1.82, 2.24) is 20.3 Å². The highest BCUT2D eigenvalue weighted by atomic mass is 35.5. The van der Waals surface area contributed by atoms with Gasteiger partial charge in [0.1, 0.15) is 17.2 Å². The summed E-state index contributed by atoms with van der Waals surface area (Å²) in [6, 6.07) is 22.1. The van der Waals surface area contributed by atoms with Crippen molar-refractivity contribution in [3.05, 3.63) is 105 Å². The van der Waals surface area contributed by atoms with Gasteiger partial charge in [0.05, 0.1) is 6.54 Å². The minimum atomic E-state index is -0.376. The number of hydrogen-bond donors (Lipinski definition) is 1. The molecular formula is C23H19Cl2FN4. The fraction of sp³-hybridized carbons (Fsp3) is 0.130. The first kappa shape index (κ1) is 20.5. The molecule has 0 aliphatic heterocycles. The van der Waals surface area contributed by atoms with Crippen molar-refractivity contribution < 1.29 is 4.39 Å². The van der Waals surface area contributed by atoms with Crippen LogP contribution in [-0.2, 0) is 19.6 Å². The van der Waals surface area contributed by atoms with E-state index in [4.69, 9.17) is 23.2 Å². The maximum atomic E-state index is 14.2. The summed E-state index contributed by atoms with van der Waals surface area (Å²) in [5, 5.41) is 13.7. The molecule has 7 heteroatoms. The predicted octanol–water partition coefficient (Wildman–Crippen LogP) is 5.73. The number of nitrogens with one attached hydrogen (secondary N) is 1. The fourth-order valence-corrected chi connectivity index (χ4v) is 3.60. The van der Waals surface area contributed by atoms with Gasteiger partial charge in [-0.3, -0.25) is 0 Å². The SMILES string of the molecule is Fc1cccc(Cl)c1Cn1nc(CNCc2ccccc2Cl)c(-c2ccccc2)n1. The lowest BCUT2D eigenvalue weighted by atomic mass is 10.1. The number of benzene rings is 3. The second-order valence-corrected chi connectivity index (χ2v) is 7.60. The summed E-state index contributed by atoms with van der Waals surface area (Å²) in [5.41, 5.74) is 3.82. The molecule has 0 aliphatic rings. The number of halogens is 3. The van der Waals surface area contributed by atoms with E-state index in [0.29, 0.717) is 28.7 Å². The van der Waals surface area contributed by atoms with E-state index in [1.807, 2.05) is 54.6 Å². The monoisotopic (exact) mass is 440 g/mol. The molecule has 0 fully saturated rings. The smallest absolute Gasteiger partial charge is 0.129 e. The topological polar surface area (TPSA) is 42.7 Å². The minimum Gasteiger partial charge on any atom is -0.307 e. The lowest BCUT2D eigenvalue weighted by molar-refractivity contribution is 0.543. The molecular weight excluding hydrogens is 422 g/mol. The first-order valence-corrected chi connectivity index (χ1v) is 10.2. The van der Waals surface area contributed by atoms with Crippen LogP contribution < -0.4 is 5.32 Å². The Balaban J connectivity index is 1.59. The van der Waals surface area contributed by atoms with E-state index in [1.165, 1.54) is 10.9 Å². The second kappa shape index (κ2) is 9.39. The molecule has 30 heavy (non-hydrogen) atoms. The highest BCUT2D eigenvalue weighted by Crippen LogP contribution is 2.23. The van der Waals surface area contributed by atoms with Gasteiger partial charge < -0.3 is 5.32 Å². The fourth-order valence-electron chi connectivity index (χ4n) is 3.17. The highest BCUT2D eigenvalue weighted by molar-refractivity contribution is 6.31. The third kappa shape index (κ3) is 4.70. The lowest BCUT2D eigenvalue weighted by Crippen LogP contribution is -2.14. The van der Waals surface area contributed by atoms with Gasteiger partial charge in [0.15, 0.2) is 0 Å². The van der Waals surface area contributed by atoms with Crippen LogP contribution in [0.5, 0.6) is 0 Å². The van der Waals surface area contributed by atoms with Gasteiger partial charge in [0.2, 0.25) is 0 Å². The molecule has 152 valence electrons. The van der Waals surface area contributed by atoms with Crippen molar-refractivity contribution in [1.29, 1.82) is 0 Å². The van der Waals surface area contributed by atoms with Crippen LogP contribution in [0.4, 0.5) is 4.39 Å². The third-order valence-corrected chi connectivity index (χ3v) is 5.42. The van der Waals surface area contributed by atoms with Crippen LogP contribution in [-0.4, -0.2) is 15.0 Å². The number of nitrogens with zero attached hydrogens (tertiary/aromatic N) is 3. The minimum absolute atomic E-state index is 0.149. The standard InChI is InChI=1S/C23H19Cl2FN4/c24-19-10-5-4-9-17(19)13-27-14-22-23(16-7-2-1-3-8-16)29-30(28-22)15-18-20(25)11-6-12-21(18)26/h1-12,27H,13-15H2. The van der Waals surface area contributed by atoms with Crippen molar-refractivity contribution in [2.24, 2.45) is 0 Å². The molecule has 0 spiro atoms. The van der Waals surface area contributed by atoms with Gasteiger partial charge in [0, 0.05) is 34.3 Å². The zero-order valence-corrected chi connectivity index (χ0v) is 17.5. The number of aromatic nitrogens is 3. The van der Waals surface area contributed by atoms with E-state index < -0.39 is 0 Å². The zero-order valence-electron chi connectivity index (χ0n) is 16.0. The van der Waals surface area contributed by atoms with E-state index in [2.05, 4.69) is 15.5 Å². The Morgan fingerprint density at radius 3 is 2.30 bits per heavy atom. The van der Waals surface area contributed by atoms with E-state index in [0.717, 1.165) is 22.5 Å². The molecule has 1 N–H and O–H groups in total. The Kier molecular flexibility index (Phi) is 6.43. The molecule has 0 unspecified atom stereocenters. The molecule has 3 aromatic carbocycles. The van der Waals surface area contributed by atoms with Crippen LogP contribution in [0, 0.1) is 5.82 Å². The molecule has 0 atom stereocenters. The van der Waals surface area contributed by atoms with Crippen molar-refractivity contribution in [2.45, 2.75) is 19.6 Å². The second-order valence-electron chi connectivity index (χ2n) is 6.79. The Bertz CT molecular complexity index is 1120. The molecule has 4 nitrogen and oxygen atoms in total. The van der Waals surface area contributed by atoms with Crippen LogP contribution in [0.15, 0.2) is 72.8 Å². The van der Waals surface area contributed by atoms with Gasteiger partial charge in [-0.15, -0.1) is 0 Å². The average Bonchev–Trinajstić information content (AvgIpc) is 3.16. The van der Waals surface area contributed by atoms with Crippen LogP contribution in [0.25, 0.3) is 11.3 Å². The Morgan fingerprint density at radius 2 is 1.53 bits per heavy atom. The first-order chi connectivity index (χ1) is 14.6. The van der Waals surface area contributed by atoms with Crippen LogP contribution in [0.3, 0.4) is 0 Å². The van der Waals surface area contributed by atoms with E-state index >= 15 is 0 Å². The van der Waals surface area contributed by atoms with E-state index in [9.17, 15) is 4.39 Å². The maximum Gasteiger partial charge on any atom is 0.129 e. The molecule has 0 saturated carbocycles. The number of hydrogen-bond acceptors (Lipinski definition) is 3. The molecule has 0 radical (unpaired) electrons. The van der Waals surface area contributed by atoms with Crippen LogP contribution in [0.2, 0.25) is 10.0 Å². The number of rotatable bonds is 7. The van der Waals surface area contributed by atoms with Crippen molar-refractivity contribution in [3.8, 4) is 11.3 Å². The molecule has 1 aromatic heterocycles. The van der Waals surface area contributed by atoms with Crippen LogP contribution >= 0.6 is 23.2 Å².